The Labute approximate surface area is 205 Å². The van der Waals surface area contributed by atoms with Crippen molar-refractivity contribution in [3.8, 4) is 28.8 Å². The standard InChI is InChI=1S/C21H19ClN6O6S/c1-31-16-11-23-21(24-12-16)34-10-9-33-20-18(14-4-6-15(22)7-5-14)19(25-13-26-20)28-35(29,30)27-17-3-2-8-32-17/h2-8,11-13,27H,9-10H2,1H3,(H,25,26,28). The fourth-order valence-electron chi connectivity index (χ4n) is 2.81. The molecule has 4 aromatic rings. The van der Waals surface area contributed by atoms with Crippen LogP contribution in [0.5, 0.6) is 17.6 Å². The van der Waals surface area contributed by atoms with E-state index in [1.165, 1.54) is 38.2 Å². The molecule has 2 N–H and O–H groups in total. The first-order chi connectivity index (χ1) is 16.9. The first-order valence-electron chi connectivity index (χ1n) is 10.00. The van der Waals surface area contributed by atoms with Crippen molar-refractivity contribution >= 4 is 33.5 Å². The average Bonchev–Trinajstić information content (AvgIpc) is 3.35. The van der Waals surface area contributed by atoms with Gasteiger partial charge in [-0.3, -0.25) is 0 Å². The minimum Gasteiger partial charge on any atom is -0.494 e. The molecule has 0 saturated heterocycles. The van der Waals surface area contributed by atoms with Gasteiger partial charge in [0.2, 0.25) is 11.8 Å². The van der Waals surface area contributed by atoms with Gasteiger partial charge in [-0.05, 0) is 23.8 Å². The quantitative estimate of drug-likeness (QED) is 0.282. The Morgan fingerprint density at radius 1 is 0.971 bits per heavy atom. The third-order valence-electron chi connectivity index (χ3n) is 4.33. The number of benzene rings is 1. The van der Waals surface area contributed by atoms with Crippen LogP contribution in [0.4, 0.5) is 11.7 Å². The van der Waals surface area contributed by atoms with Gasteiger partial charge < -0.3 is 18.6 Å². The molecule has 0 aliphatic carbocycles. The van der Waals surface area contributed by atoms with Crippen molar-refractivity contribution in [3.63, 3.8) is 0 Å². The number of hydrogen-bond donors (Lipinski definition) is 2. The summed E-state index contributed by atoms with van der Waals surface area (Å²) in [6.45, 7) is 0.154. The number of hydrogen-bond acceptors (Lipinski definition) is 10. The molecule has 0 aliphatic rings. The molecule has 1 aromatic carbocycles. The normalized spacial score (nSPS) is 11.0. The van der Waals surface area contributed by atoms with Gasteiger partial charge in [0.05, 0.1) is 31.3 Å². The number of halogens is 1. The van der Waals surface area contributed by atoms with Crippen LogP contribution in [0.25, 0.3) is 11.1 Å². The summed E-state index contributed by atoms with van der Waals surface area (Å²) >= 11 is 6.01. The lowest BCUT2D eigenvalue weighted by Gasteiger charge is -2.15. The van der Waals surface area contributed by atoms with E-state index in [0.717, 1.165) is 0 Å². The molecule has 3 aromatic heterocycles. The minimum absolute atomic E-state index is 0.0178. The van der Waals surface area contributed by atoms with Gasteiger partial charge in [0.15, 0.2) is 11.6 Å². The number of rotatable bonds is 11. The predicted molar refractivity (Wildman–Crippen MR) is 127 cm³/mol. The first kappa shape index (κ1) is 24.0. The van der Waals surface area contributed by atoms with Crippen molar-refractivity contribution in [1.29, 1.82) is 0 Å². The lowest BCUT2D eigenvalue weighted by Crippen LogP contribution is -2.22. The summed E-state index contributed by atoms with van der Waals surface area (Å²) in [6.07, 6.45) is 5.46. The molecule has 35 heavy (non-hydrogen) atoms. The van der Waals surface area contributed by atoms with Crippen LogP contribution in [-0.4, -0.2) is 48.7 Å². The van der Waals surface area contributed by atoms with E-state index in [-0.39, 0.29) is 36.8 Å². The van der Waals surface area contributed by atoms with E-state index in [0.29, 0.717) is 21.9 Å². The fraction of sp³-hybridized carbons (Fsp3) is 0.143. The van der Waals surface area contributed by atoms with Crippen molar-refractivity contribution < 1.29 is 27.0 Å². The van der Waals surface area contributed by atoms with E-state index in [4.69, 9.17) is 30.2 Å². The summed E-state index contributed by atoms with van der Waals surface area (Å²) in [5, 5.41) is 0.502. The summed E-state index contributed by atoms with van der Waals surface area (Å²) in [6, 6.07) is 9.83. The van der Waals surface area contributed by atoms with Gasteiger partial charge in [-0.2, -0.15) is 18.4 Å². The average molecular weight is 519 g/mol. The molecule has 14 heteroatoms. The Hall–Kier alpha value is -4.10. The monoisotopic (exact) mass is 518 g/mol. The van der Waals surface area contributed by atoms with Crippen LogP contribution >= 0.6 is 11.6 Å². The first-order valence-corrected chi connectivity index (χ1v) is 11.9. The summed E-state index contributed by atoms with van der Waals surface area (Å²) < 4.78 is 51.2. The summed E-state index contributed by atoms with van der Waals surface area (Å²) in [7, 11) is -2.59. The Morgan fingerprint density at radius 2 is 1.71 bits per heavy atom. The molecule has 0 radical (unpaired) electrons. The highest BCUT2D eigenvalue weighted by Crippen LogP contribution is 2.35. The summed E-state index contributed by atoms with van der Waals surface area (Å²) in [5.41, 5.74) is 0.870. The second kappa shape index (κ2) is 10.9. The number of nitrogens with one attached hydrogen (secondary N) is 2. The third-order valence-corrected chi connectivity index (χ3v) is 5.51. The predicted octanol–water partition coefficient (Wildman–Crippen LogP) is 3.42. The molecule has 0 spiro atoms. The van der Waals surface area contributed by atoms with Crippen molar-refractivity contribution in [2.75, 3.05) is 29.8 Å². The van der Waals surface area contributed by atoms with Crippen LogP contribution < -0.4 is 23.7 Å². The number of aromatic nitrogens is 4. The summed E-state index contributed by atoms with van der Waals surface area (Å²) in [5.74, 6) is 0.640. The SMILES string of the molecule is COc1cnc(OCCOc2ncnc(NS(=O)(=O)Nc3ccco3)c2-c2ccc(Cl)cc2)nc1. The molecule has 3 heterocycles. The van der Waals surface area contributed by atoms with Gasteiger partial charge in [-0.25, -0.2) is 19.4 Å². The fourth-order valence-corrected chi connectivity index (χ4v) is 3.78. The highest BCUT2D eigenvalue weighted by molar-refractivity contribution is 7.94. The van der Waals surface area contributed by atoms with E-state index in [1.807, 2.05) is 0 Å². The van der Waals surface area contributed by atoms with Gasteiger partial charge in [0.25, 0.3) is 0 Å². The van der Waals surface area contributed by atoms with Gasteiger partial charge in [0.1, 0.15) is 19.5 Å². The largest absolute Gasteiger partial charge is 0.494 e. The smallest absolute Gasteiger partial charge is 0.325 e. The van der Waals surface area contributed by atoms with Gasteiger partial charge >= 0.3 is 16.2 Å². The van der Waals surface area contributed by atoms with Crippen molar-refractivity contribution in [2.45, 2.75) is 0 Å². The maximum atomic E-state index is 12.6. The molecule has 0 atom stereocenters. The van der Waals surface area contributed by atoms with Crippen molar-refractivity contribution in [1.82, 2.24) is 19.9 Å². The van der Waals surface area contributed by atoms with Crippen LogP contribution in [0.3, 0.4) is 0 Å². The van der Waals surface area contributed by atoms with Gasteiger partial charge in [-0.1, -0.05) is 23.7 Å². The number of nitrogens with zero attached hydrogens (tertiary/aromatic N) is 4. The van der Waals surface area contributed by atoms with Gasteiger partial charge in [0, 0.05) is 11.1 Å². The second-order valence-corrected chi connectivity index (χ2v) is 8.55. The maximum Gasteiger partial charge on any atom is 0.325 e. The van der Waals surface area contributed by atoms with Crippen LogP contribution in [0, 0.1) is 0 Å². The van der Waals surface area contributed by atoms with Crippen LogP contribution in [-0.2, 0) is 10.2 Å². The van der Waals surface area contributed by atoms with Crippen LogP contribution in [0.1, 0.15) is 0 Å². The minimum atomic E-state index is -4.10. The zero-order valence-corrected chi connectivity index (χ0v) is 19.8. The lowest BCUT2D eigenvalue weighted by molar-refractivity contribution is 0.201. The summed E-state index contributed by atoms with van der Waals surface area (Å²) in [4.78, 5) is 16.3. The molecule has 0 aliphatic heterocycles. The number of methoxy groups -OCH3 is 1. The zero-order chi connectivity index (χ0) is 24.7. The lowest BCUT2D eigenvalue weighted by atomic mass is 10.1. The number of ether oxygens (including phenoxy) is 3. The van der Waals surface area contributed by atoms with E-state index >= 15 is 0 Å². The third kappa shape index (κ3) is 6.49. The van der Waals surface area contributed by atoms with E-state index in [1.54, 1.807) is 30.3 Å². The van der Waals surface area contributed by atoms with E-state index in [9.17, 15) is 8.42 Å². The molecule has 0 bridgehead atoms. The molecular formula is C21H19ClN6O6S. The Morgan fingerprint density at radius 3 is 2.40 bits per heavy atom. The molecule has 0 saturated carbocycles. The van der Waals surface area contributed by atoms with Crippen molar-refractivity contribution in [2.24, 2.45) is 0 Å². The molecule has 0 unspecified atom stereocenters. The number of furan rings is 1. The molecular weight excluding hydrogens is 500 g/mol. The highest BCUT2D eigenvalue weighted by atomic mass is 35.5. The Kier molecular flexibility index (Phi) is 7.48. The van der Waals surface area contributed by atoms with Gasteiger partial charge in [-0.15, -0.1) is 0 Å². The zero-order valence-electron chi connectivity index (χ0n) is 18.2. The maximum absolute atomic E-state index is 12.6. The molecule has 0 amide bonds. The molecule has 0 fully saturated rings. The molecule has 4 rings (SSSR count). The second-order valence-electron chi connectivity index (χ2n) is 6.70. The molecule has 12 nitrogen and oxygen atoms in total. The van der Waals surface area contributed by atoms with E-state index in [2.05, 4.69) is 29.4 Å². The highest BCUT2D eigenvalue weighted by Gasteiger charge is 2.20. The van der Waals surface area contributed by atoms with E-state index < -0.39 is 10.2 Å². The van der Waals surface area contributed by atoms with Crippen molar-refractivity contribution in [3.05, 3.63) is 66.4 Å². The molecule has 182 valence electrons. The van der Waals surface area contributed by atoms with Crippen LogP contribution in [0.2, 0.25) is 5.02 Å². The Bertz CT molecular complexity index is 1350. The van der Waals surface area contributed by atoms with Crippen LogP contribution in [0.15, 0.2) is 65.8 Å². The number of anilines is 2. The Balaban J connectivity index is 1.53. The topological polar surface area (TPSA) is 151 Å².